The minimum atomic E-state index is -0.968. The minimum Gasteiger partial charge on any atom is -0.485 e. The number of likely N-dealkylation sites (N-methyl/N-ethyl adjacent to an activating group) is 1. The van der Waals surface area contributed by atoms with Gasteiger partial charge in [-0.3, -0.25) is 0 Å². The minimum absolute atomic E-state index is 0.358. The lowest BCUT2D eigenvalue weighted by atomic mass is 9.84. The molecule has 1 aliphatic rings. The highest BCUT2D eigenvalue weighted by Gasteiger charge is 2.47. The van der Waals surface area contributed by atoms with E-state index in [1.54, 1.807) is 39.0 Å². The number of primary amides is 1. The number of fused-ring (bicyclic) bond motifs is 1. The molecule has 0 radical (unpaired) electrons. The summed E-state index contributed by atoms with van der Waals surface area (Å²) in [5.41, 5.74) is 5.53. The first-order valence-electron chi connectivity index (χ1n) is 6.79. The molecule has 0 unspecified atom stereocenters. The number of urea groups is 1. The molecule has 2 atom stereocenters. The Kier molecular flexibility index (Phi) is 3.79. The van der Waals surface area contributed by atoms with Crippen molar-refractivity contribution in [3.05, 3.63) is 29.3 Å². The number of aliphatic hydroxyl groups excluding tert-OH is 1. The summed E-state index contributed by atoms with van der Waals surface area (Å²) >= 11 is 0. The smallest absolute Gasteiger partial charge is 0.315 e. The van der Waals surface area contributed by atoms with Crippen LogP contribution in [0.4, 0.5) is 4.79 Å². The van der Waals surface area contributed by atoms with E-state index in [2.05, 4.69) is 0 Å². The molecule has 1 aromatic carbocycles. The second kappa shape index (κ2) is 5.26. The van der Waals surface area contributed by atoms with E-state index >= 15 is 0 Å². The van der Waals surface area contributed by atoms with Gasteiger partial charge in [0.2, 0.25) is 0 Å². The van der Waals surface area contributed by atoms with Crippen molar-refractivity contribution in [3.63, 3.8) is 0 Å². The fraction of sp³-hybridized carbons (Fsp3) is 0.467. The summed E-state index contributed by atoms with van der Waals surface area (Å²) in [6.07, 6.45) is -0.968. The zero-order valence-corrected chi connectivity index (χ0v) is 12.3. The molecule has 6 heteroatoms. The monoisotopic (exact) mass is 289 g/mol. The average molecular weight is 289 g/mol. The lowest BCUT2D eigenvalue weighted by Gasteiger charge is -2.47. The number of carbonyl (C=O) groups excluding carboxylic acids is 1. The largest absolute Gasteiger partial charge is 0.485 e. The number of rotatable bonds is 2. The Labute approximate surface area is 123 Å². The van der Waals surface area contributed by atoms with Crippen LogP contribution in [-0.2, 0) is 0 Å². The SMILES string of the molecule is CCN(C(N)=O)[C@@H]1[C@@H](O)c2cc(C#N)ccc2OC1(C)C. The van der Waals surface area contributed by atoms with Gasteiger partial charge in [0.1, 0.15) is 23.5 Å². The third-order valence-corrected chi connectivity index (χ3v) is 3.80. The van der Waals surface area contributed by atoms with Crippen LogP contribution in [0.1, 0.15) is 38.0 Å². The van der Waals surface area contributed by atoms with Crippen molar-refractivity contribution >= 4 is 6.03 Å². The number of amides is 2. The molecule has 3 N–H and O–H groups in total. The molecule has 1 heterocycles. The van der Waals surface area contributed by atoms with Gasteiger partial charge in [0.05, 0.1) is 11.6 Å². The second-order valence-electron chi connectivity index (χ2n) is 5.58. The topological polar surface area (TPSA) is 99.6 Å². The van der Waals surface area contributed by atoms with Gasteiger partial charge in [-0.1, -0.05) is 0 Å². The first-order chi connectivity index (χ1) is 9.81. The van der Waals surface area contributed by atoms with Crippen molar-refractivity contribution in [2.75, 3.05) is 6.54 Å². The van der Waals surface area contributed by atoms with E-state index in [0.717, 1.165) is 0 Å². The number of nitriles is 1. The fourth-order valence-corrected chi connectivity index (χ4v) is 2.87. The molecular weight excluding hydrogens is 270 g/mol. The summed E-state index contributed by atoms with van der Waals surface area (Å²) in [5, 5.41) is 19.7. The Bertz CT molecular complexity index is 607. The van der Waals surface area contributed by atoms with Gasteiger partial charge >= 0.3 is 6.03 Å². The van der Waals surface area contributed by atoms with Crippen LogP contribution in [0.3, 0.4) is 0 Å². The van der Waals surface area contributed by atoms with Gasteiger partial charge < -0.3 is 20.5 Å². The summed E-state index contributed by atoms with van der Waals surface area (Å²) in [4.78, 5) is 13.0. The van der Waals surface area contributed by atoms with Crippen LogP contribution >= 0.6 is 0 Å². The molecule has 0 aromatic heterocycles. The normalized spacial score (nSPS) is 22.6. The van der Waals surface area contributed by atoms with Crippen LogP contribution in [0.2, 0.25) is 0 Å². The van der Waals surface area contributed by atoms with E-state index in [0.29, 0.717) is 23.4 Å². The van der Waals surface area contributed by atoms with Gasteiger partial charge in [-0.2, -0.15) is 5.26 Å². The van der Waals surface area contributed by atoms with Crippen molar-refractivity contribution in [1.29, 1.82) is 5.26 Å². The van der Waals surface area contributed by atoms with Crippen LogP contribution in [0, 0.1) is 11.3 Å². The molecule has 112 valence electrons. The molecule has 1 aliphatic heterocycles. The third-order valence-electron chi connectivity index (χ3n) is 3.80. The molecule has 21 heavy (non-hydrogen) atoms. The Balaban J connectivity index is 2.53. The van der Waals surface area contributed by atoms with E-state index in [4.69, 9.17) is 15.7 Å². The predicted molar refractivity (Wildman–Crippen MR) is 76.6 cm³/mol. The van der Waals surface area contributed by atoms with Crippen LogP contribution in [0.5, 0.6) is 5.75 Å². The Morgan fingerprint density at radius 2 is 2.24 bits per heavy atom. The standard InChI is InChI=1S/C15H19N3O3/c1-4-18(14(17)20)13-12(19)10-7-9(8-16)5-6-11(10)21-15(13,2)3/h5-7,12-13,19H,4H2,1-3H3,(H2,17,20)/t12-,13+/m0/s1. The first kappa shape index (κ1) is 15.1. The summed E-state index contributed by atoms with van der Waals surface area (Å²) in [5.74, 6) is 0.517. The summed E-state index contributed by atoms with van der Waals surface area (Å²) < 4.78 is 5.92. The highest BCUT2D eigenvalue weighted by atomic mass is 16.5. The number of nitrogens with two attached hydrogens (primary N) is 1. The zero-order valence-electron chi connectivity index (χ0n) is 12.3. The van der Waals surface area contributed by atoms with Crippen molar-refractivity contribution in [1.82, 2.24) is 4.90 Å². The van der Waals surface area contributed by atoms with Crippen molar-refractivity contribution in [3.8, 4) is 11.8 Å². The van der Waals surface area contributed by atoms with E-state index in [-0.39, 0.29) is 0 Å². The third kappa shape index (κ3) is 2.52. The van der Waals surface area contributed by atoms with Gasteiger partial charge in [-0.25, -0.2) is 4.79 Å². The van der Waals surface area contributed by atoms with E-state index in [1.165, 1.54) is 4.90 Å². The molecule has 0 aliphatic carbocycles. The van der Waals surface area contributed by atoms with Gasteiger partial charge in [-0.05, 0) is 39.0 Å². The number of hydrogen-bond donors (Lipinski definition) is 2. The molecule has 0 bridgehead atoms. The molecule has 0 saturated heterocycles. The fourth-order valence-electron chi connectivity index (χ4n) is 2.87. The molecule has 0 spiro atoms. The molecule has 0 saturated carbocycles. The molecule has 0 fully saturated rings. The Morgan fingerprint density at radius 3 is 2.76 bits per heavy atom. The number of benzene rings is 1. The predicted octanol–water partition coefficient (Wildman–Crippen LogP) is 1.53. The quantitative estimate of drug-likeness (QED) is 0.862. The van der Waals surface area contributed by atoms with Crippen LogP contribution in [-0.4, -0.2) is 34.2 Å². The Morgan fingerprint density at radius 1 is 1.57 bits per heavy atom. The second-order valence-corrected chi connectivity index (χ2v) is 5.58. The maximum Gasteiger partial charge on any atom is 0.315 e. The summed E-state index contributed by atoms with van der Waals surface area (Å²) in [7, 11) is 0. The summed E-state index contributed by atoms with van der Waals surface area (Å²) in [6.45, 7) is 5.74. The average Bonchev–Trinajstić information content (AvgIpc) is 2.42. The molecule has 1 aromatic rings. The number of aliphatic hydroxyl groups is 1. The number of ether oxygens (including phenoxy) is 1. The first-order valence-corrected chi connectivity index (χ1v) is 6.79. The van der Waals surface area contributed by atoms with Crippen LogP contribution < -0.4 is 10.5 Å². The summed E-state index contributed by atoms with van der Waals surface area (Å²) in [6, 6.07) is 5.67. The maximum absolute atomic E-state index is 11.6. The van der Waals surface area contributed by atoms with Gasteiger partial charge in [0, 0.05) is 12.1 Å². The highest BCUT2D eigenvalue weighted by Crippen LogP contribution is 2.42. The van der Waals surface area contributed by atoms with Crippen molar-refractivity contribution < 1.29 is 14.6 Å². The van der Waals surface area contributed by atoms with E-state index in [9.17, 15) is 9.90 Å². The van der Waals surface area contributed by atoms with Crippen LogP contribution in [0.15, 0.2) is 18.2 Å². The van der Waals surface area contributed by atoms with Gasteiger partial charge in [0.15, 0.2) is 0 Å². The van der Waals surface area contributed by atoms with Crippen LogP contribution in [0.25, 0.3) is 0 Å². The molecule has 2 amide bonds. The molecule has 6 nitrogen and oxygen atoms in total. The van der Waals surface area contributed by atoms with Crippen molar-refractivity contribution in [2.24, 2.45) is 5.73 Å². The number of nitrogens with zero attached hydrogens (tertiary/aromatic N) is 2. The van der Waals surface area contributed by atoms with E-state index < -0.39 is 23.8 Å². The lowest BCUT2D eigenvalue weighted by Crippen LogP contribution is -2.60. The molecular formula is C15H19N3O3. The number of carbonyl (C=O) groups is 1. The Hall–Kier alpha value is -2.26. The lowest BCUT2D eigenvalue weighted by molar-refractivity contribution is -0.0659. The van der Waals surface area contributed by atoms with Gasteiger partial charge in [0.25, 0.3) is 0 Å². The highest BCUT2D eigenvalue weighted by molar-refractivity contribution is 5.73. The maximum atomic E-state index is 11.6. The molecule has 2 rings (SSSR count). The zero-order chi connectivity index (χ0) is 15.8. The van der Waals surface area contributed by atoms with Gasteiger partial charge in [-0.15, -0.1) is 0 Å². The van der Waals surface area contributed by atoms with Crippen molar-refractivity contribution in [2.45, 2.75) is 38.5 Å². The number of hydrogen-bond acceptors (Lipinski definition) is 4. The van der Waals surface area contributed by atoms with E-state index in [1.807, 2.05) is 6.07 Å².